The first-order valence-corrected chi connectivity index (χ1v) is 10.6. The molecule has 29 heavy (non-hydrogen) atoms. The van der Waals surface area contributed by atoms with Crippen LogP contribution < -0.4 is 0 Å². The molecule has 0 aromatic rings. The lowest BCUT2D eigenvalue weighted by molar-refractivity contribution is -0.165. The Morgan fingerprint density at radius 2 is 1.55 bits per heavy atom. The van der Waals surface area contributed by atoms with E-state index in [2.05, 4.69) is 6.58 Å². The third kappa shape index (κ3) is 12.9. The lowest BCUT2D eigenvalue weighted by atomic mass is 9.95. The molecule has 0 radical (unpaired) electrons. The molecular formula is C20H32O8S. The maximum Gasteiger partial charge on any atom is 0.333 e. The van der Waals surface area contributed by atoms with E-state index in [1.807, 2.05) is 13.8 Å². The molecule has 1 unspecified atom stereocenters. The summed E-state index contributed by atoms with van der Waals surface area (Å²) >= 11 is 1.67. The summed E-state index contributed by atoms with van der Waals surface area (Å²) in [7, 11) is 0. The highest BCUT2D eigenvalue weighted by atomic mass is 32.2. The van der Waals surface area contributed by atoms with E-state index >= 15 is 0 Å². The predicted molar refractivity (Wildman–Crippen MR) is 109 cm³/mol. The quantitative estimate of drug-likeness (QED) is 0.177. The topological polar surface area (TPSA) is 105 Å². The van der Waals surface area contributed by atoms with Crippen LogP contribution in [0, 0.1) is 5.41 Å². The van der Waals surface area contributed by atoms with Gasteiger partial charge in [-0.15, -0.1) is 0 Å². The van der Waals surface area contributed by atoms with E-state index in [0.29, 0.717) is 5.75 Å². The summed E-state index contributed by atoms with van der Waals surface area (Å²) in [5.74, 6) is -0.611. The molecule has 0 bridgehead atoms. The summed E-state index contributed by atoms with van der Waals surface area (Å²) in [6.07, 6.45) is -0.588. The normalized spacial score (nSPS) is 11.9. The number of carbonyl (C=O) groups excluding carboxylic acids is 4. The highest BCUT2D eigenvalue weighted by Gasteiger charge is 2.32. The fourth-order valence-corrected chi connectivity index (χ4v) is 2.38. The van der Waals surface area contributed by atoms with Crippen LogP contribution in [0.15, 0.2) is 12.2 Å². The minimum absolute atomic E-state index is 0.0899. The summed E-state index contributed by atoms with van der Waals surface area (Å²) in [4.78, 5) is 46.8. The molecule has 0 saturated carbocycles. The van der Waals surface area contributed by atoms with Gasteiger partial charge in [0.25, 0.3) is 0 Å². The molecule has 0 amide bonds. The molecular weight excluding hydrogens is 400 g/mol. The molecule has 0 rings (SSSR count). The minimum Gasteiger partial charge on any atom is -0.464 e. The molecule has 0 fully saturated rings. The van der Waals surface area contributed by atoms with Crippen molar-refractivity contribution in [2.75, 3.05) is 31.3 Å². The van der Waals surface area contributed by atoms with E-state index in [4.69, 9.17) is 18.9 Å². The molecule has 0 aliphatic rings. The van der Waals surface area contributed by atoms with Crippen LogP contribution in [0.3, 0.4) is 0 Å². The number of carbonyl (C=O) groups is 4. The third-order valence-corrected chi connectivity index (χ3v) is 4.59. The Balaban J connectivity index is 4.09. The Bertz CT molecular complexity index is 585. The molecule has 166 valence electrons. The zero-order valence-corrected chi connectivity index (χ0v) is 18.7. The molecule has 0 heterocycles. The zero-order chi connectivity index (χ0) is 22.4. The summed E-state index contributed by atoms with van der Waals surface area (Å²) in [5, 5.41) is 0. The van der Waals surface area contributed by atoms with Gasteiger partial charge in [0.2, 0.25) is 0 Å². The van der Waals surface area contributed by atoms with E-state index in [0.717, 1.165) is 5.75 Å². The summed E-state index contributed by atoms with van der Waals surface area (Å²) in [5.41, 5.74) is -0.741. The molecule has 8 nitrogen and oxygen atoms in total. The second-order valence-electron chi connectivity index (χ2n) is 7.06. The van der Waals surface area contributed by atoms with Crippen molar-refractivity contribution in [1.82, 2.24) is 0 Å². The van der Waals surface area contributed by atoms with Gasteiger partial charge in [-0.25, -0.2) is 4.79 Å². The van der Waals surface area contributed by atoms with Gasteiger partial charge in [0, 0.05) is 11.3 Å². The second-order valence-corrected chi connectivity index (χ2v) is 8.38. The minimum atomic E-state index is -0.992. The first-order valence-electron chi connectivity index (χ1n) is 9.42. The summed E-state index contributed by atoms with van der Waals surface area (Å²) in [6, 6.07) is 0. The number of ether oxygens (including phenoxy) is 4. The van der Waals surface area contributed by atoms with E-state index < -0.39 is 29.3 Å². The summed E-state index contributed by atoms with van der Waals surface area (Å²) < 4.78 is 20.1. The number of hydrogen-bond acceptors (Lipinski definition) is 9. The number of rotatable bonds is 14. The standard InChI is InChI=1S/C20H32O8S/c1-7-29-12-15(4)28-19(24)20(5,6)13-27-17(22)9-8-16(21)25-10-11-26-18(23)14(2)3/h15H,2,7-13H2,1,3-6H3. The maximum atomic E-state index is 12.2. The molecule has 1 atom stereocenters. The van der Waals surface area contributed by atoms with Gasteiger partial charge in [-0.3, -0.25) is 14.4 Å². The Morgan fingerprint density at radius 1 is 1.00 bits per heavy atom. The van der Waals surface area contributed by atoms with Crippen LogP contribution in [0.5, 0.6) is 0 Å². The van der Waals surface area contributed by atoms with Crippen molar-refractivity contribution < 1.29 is 38.1 Å². The predicted octanol–water partition coefficient (Wildman–Crippen LogP) is 2.68. The Kier molecular flexibility index (Phi) is 13.0. The number of thioether (sulfide) groups is 1. The molecule has 9 heteroatoms. The molecule has 0 aromatic carbocycles. The van der Waals surface area contributed by atoms with E-state index in [1.54, 1.807) is 25.6 Å². The SMILES string of the molecule is C=C(C)C(=O)OCCOC(=O)CCC(=O)OCC(C)(C)C(=O)OC(C)CSCC. The molecule has 0 aromatic heterocycles. The first-order chi connectivity index (χ1) is 13.5. The van der Waals surface area contributed by atoms with Crippen molar-refractivity contribution in [3.05, 3.63) is 12.2 Å². The van der Waals surface area contributed by atoms with Crippen molar-refractivity contribution >= 4 is 35.6 Å². The van der Waals surface area contributed by atoms with Crippen LogP contribution in [0.25, 0.3) is 0 Å². The van der Waals surface area contributed by atoms with Gasteiger partial charge < -0.3 is 18.9 Å². The molecule has 0 N–H and O–H groups in total. The van der Waals surface area contributed by atoms with Crippen LogP contribution >= 0.6 is 11.8 Å². The average molecular weight is 433 g/mol. The van der Waals surface area contributed by atoms with Gasteiger partial charge in [-0.2, -0.15) is 11.8 Å². The van der Waals surface area contributed by atoms with Gasteiger partial charge in [-0.05, 0) is 33.4 Å². The third-order valence-electron chi connectivity index (χ3n) is 3.47. The average Bonchev–Trinajstić information content (AvgIpc) is 2.65. The lowest BCUT2D eigenvalue weighted by Crippen LogP contribution is -2.35. The van der Waals surface area contributed by atoms with E-state index in [1.165, 1.54) is 6.92 Å². The highest BCUT2D eigenvalue weighted by molar-refractivity contribution is 7.99. The smallest absolute Gasteiger partial charge is 0.333 e. The fourth-order valence-electron chi connectivity index (χ4n) is 1.74. The summed E-state index contributed by atoms with van der Waals surface area (Å²) in [6.45, 7) is 11.7. The number of hydrogen-bond donors (Lipinski definition) is 0. The Labute approximate surface area is 176 Å². The van der Waals surface area contributed by atoms with Gasteiger partial charge >= 0.3 is 23.9 Å². The van der Waals surface area contributed by atoms with Gasteiger partial charge in [0.05, 0.1) is 18.3 Å². The monoisotopic (exact) mass is 432 g/mol. The molecule has 0 aliphatic carbocycles. The van der Waals surface area contributed by atoms with E-state index in [-0.39, 0.29) is 44.3 Å². The van der Waals surface area contributed by atoms with Crippen molar-refractivity contribution in [1.29, 1.82) is 0 Å². The molecule has 0 aliphatic heterocycles. The van der Waals surface area contributed by atoms with Crippen LogP contribution in [0.2, 0.25) is 0 Å². The van der Waals surface area contributed by atoms with Crippen LogP contribution in [0.4, 0.5) is 0 Å². The van der Waals surface area contributed by atoms with E-state index in [9.17, 15) is 19.2 Å². The van der Waals surface area contributed by atoms with Crippen LogP contribution in [-0.4, -0.2) is 61.3 Å². The Morgan fingerprint density at radius 3 is 2.10 bits per heavy atom. The Hall–Kier alpha value is -2.03. The van der Waals surface area contributed by atoms with Crippen molar-refractivity contribution in [3.8, 4) is 0 Å². The first kappa shape index (κ1) is 27.0. The second kappa shape index (κ2) is 14.0. The molecule has 0 saturated heterocycles. The van der Waals surface area contributed by atoms with Gasteiger partial charge in [0.1, 0.15) is 25.9 Å². The molecule has 0 spiro atoms. The lowest BCUT2D eigenvalue weighted by Gasteiger charge is -2.24. The van der Waals surface area contributed by atoms with Gasteiger partial charge in [0.15, 0.2) is 0 Å². The van der Waals surface area contributed by atoms with Crippen molar-refractivity contribution in [3.63, 3.8) is 0 Å². The largest absolute Gasteiger partial charge is 0.464 e. The maximum absolute atomic E-state index is 12.2. The van der Waals surface area contributed by atoms with Crippen LogP contribution in [-0.2, 0) is 38.1 Å². The van der Waals surface area contributed by atoms with Crippen molar-refractivity contribution in [2.24, 2.45) is 5.41 Å². The zero-order valence-electron chi connectivity index (χ0n) is 17.9. The van der Waals surface area contributed by atoms with Crippen LogP contribution in [0.1, 0.15) is 47.5 Å². The number of esters is 4. The fraction of sp³-hybridized carbons (Fsp3) is 0.700. The highest BCUT2D eigenvalue weighted by Crippen LogP contribution is 2.20. The van der Waals surface area contributed by atoms with Crippen molar-refractivity contribution in [2.45, 2.75) is 53.6 Å². The van der Waals surface area contributed by atoms with Gasteiger partial charge in [-0.1, -0.05) is 13.5 Å².